The van der Waals surface area contributed by atoms with Crippen LogP contribution in [-0.2, 0) is 11.2 Å². The fraction of sp³-hybridized carbons (Fsp3) is 0.296. The number of carboxylic acids is 1. The number of nitrogens with zero attached hydrogens (tertiary/aromatic N) is 4. The summed E-state index contributed by atoms with van der Waals surface area (Å²) in [5.41, 5.74) is 5.66. The van der Waals surface area contributed by atoms with E-state index in [4.69, 9.17) is 5.10 Å². The highest BCUT2D eigenvalue weighted by Crippen LogP contribution is 2.41. The molecule has 2 unspecified atom stereocenters. The number of benzene rings is 2. The smallest absolute Gasteiger partial charge is 0.308 e. The molecule has 0 radical (unpaired) electrons. The van der Waals surface area contributed by atoms with E-state index in [-0.39, 0.29) is 6.42 Å². The van der Waals surface area contributed by atoms with Gasteiger partial charge in [-0.3, -0.25) is 4.79 Å². The van der Waals surface area contributed by atoms with E-state index in [0.717, 1.165) is 65.1 Å². The van der Waals surface area contributed by atoms with Gasteiger partial charge in [-0.25, -0.2) is 4.98 Å². The Kier molecular flexibility index (Phi) is 4.86. The highest BCUT2D eigenvalue weighted by molar-refractivity contribution is 5.76. The maximum Gasteiger partial charge on any atom is 0.308 e. The Morgan fingerprint density at radius 1 is 0.909 bits per heavy atom. The predicted octanol–water partition coefficient (Wildman–Crippen LogP) is 5.21. The first-order chi connectivity index (χ1) is 16.2. The molecule has 33 heavy (non-hydrogen) atoms. The third-order valence-corrected chi connectivity index (χ3v) is 7.08. The van der Waals surface area contributed by atoms with Crippen LogP contribution in [0.3, 0.4) is 0 Å². The van der Waals surface area contributed by atoms with E-state index in [9.17, 15) is 9.90 Å². The van der Waals surface area contributed by atoms with Crippen LogP contribution in [0.15, 0.2) is 66.9 Å². The van der Waals surface area contributed by atoms with Crippen molar-refractivity contribution < 1.29 is 9.90 Å². The molecule has 6 nitrogen and oxygen atoms in total. The third-order valence-electron chi connectivity index (χ3n) is 7.08. The van der Waals surface area contributed by atoms with Crippen LogP contribution in [-0.4, -0.2) is 37.8 Å². The van der Waals surface area contributed by atoms with Gasteiger partial charge in [0.15, 0.2) is 5.65 Å². The van der Waals surface area contributed by atoms with Gasteiger partial charge in [-0.05, 0) is 49.3 Å². The standard InChI is InChI=1S/C27H26N4O2/c32-26(33)15-21-17-28-25-16-24(20-9-4-8-19(14-20)18-6-2-1-3-7-18)29-31(25)27(21)30-22-10-5-11-23(30)13-12-22/h1-4,6-9,14,16-17,22-23H,5,10-13,15H2,(H,32,33). The van der Waals surface area contributed by atoms with E-state index in [1.54, 1.807) is 6.20 Å². The molecule has 2 aliphatic heterocycles. The number of hydrogen-bond donors (Lipinski definition) is 1. The molecule has 2 aromatic carbocycles. The van der Waals surface area contributed by atoms with Crippen molar-refractivity contribution in [2.75, 3.05) is 4.90 Å². The normalized spacial score (nSPS) is 19.8. The number of aromatic nitrogens is 3. The molecule has 2 aromatic heterocycles. The molecule has 2 atom stereocenters. The van der Waals surface area contributed by atoms with Crippen molar-refractivity contribution in [3.8, 4) is 22.4 Å². The van der Waals surface area contributed by atoms with Gasteiger partial charge < -0.3 is 10.0 Å². The first kappa shape index (κ1) is 20.0. The predicted molar refractivity (Wildman–Crippen MR) is 128 cm³/mol. The largest absolute Gasteiger partial charge is 0.481 e. The number of carboxylic acid groups (broad SMARTS) is 1. The second-order valence-electron chi connectivity index (χ2n) is 9.15. The minimum Gasteiger partial charge on any atom is -0.481 e. The summed E-state index contributed by atoms with van der Waals surface area (Å²) in [5.74, 6) is 0.0739. The number of anilines is 1. The van der Waals surface area contributed by atoms with Gasteiger partial charge in [0.25, 0.3) is 0 Å². The van der Waals surface area contributed by atoms with Crippen molar-refractivity contribution in [1.29, 1.82) is 0 Å². The molecule has 0 aliphatic carbocycles. The van der Waals surface area contributed by atoms with E-state index in [2.05, 4.69) is 46.3 Å². The van der Waals surface area contributed by atoms with Crippen molar-refractivity contribution in [2.45, 2.75) is 50.6 Å². The maximum absolute atomic E-state index is 11.6. The summed E-state index contributed by atoms with van der Waals surface area (Å²) < 4.78 is 1.89. The molecule has 166 valence electrons. The van der Waals surface area contributed by atoms with Gasteiger partial charge in [0.2, 0.25) is 0 Å². The molecule has 0 spiro atoms. The van der Waals surface area contributed by atoms with E-state index >= 15 is 0 Å². The first-order valence-electron chi connectivity index (χ1n) is 11.7. The Morgan fingerprint density at radius 3 is 2.39 bits per heavy atom. The molecular weight excluding hydrogens is 412 g/mol. The zero-order valence-corrected chi connectivity index (χ0v) is 18.4. The van der Waals surface area contributed by atoms with Crippen LogP contribution in [0.5, 0.6) is 0 Å². The average molecular weight is 439 g/mol. The van der Waals surface area contributed by atoms with Gasteiger partial charge in [-0.1, -0.05) is 48.5 Å². The van der Waals surface area contributed by atoms with Gasteiger partial charge in [-0.15, -0.1) is 0 Å². The van der Waals surface area contributed by atoms with Crippen molar-refractivity contribution in [3.63, 3.8) is 0 Å². The lowest BCUT2D eigenvalue weighted by atomic mass is 10.0. The van der Waals surface area contributed by atoms with E-state index in [0.29, 0.717) is 12.1 Å². The molecular formula is C27H26N4O2. The van der Waals surface area contributed by atoms with Crippen LogP contribution in [0.1, 0.15) is 37.7 Å². The number of rotatable bonds is 5. The SMILES string of the molecule is O=C(O)Cc1cnc2cc(-c3cccc(-c4ccccc4)c3)nn2c1N1C2CCCC1CC2. The summed E-state index contributed by atoms with van der Waals surface area (Å²) in [6.07, 6.45) is 7.55. The highest BCUT2D eigenvalue weighted by Gasteiger charge is 2.39. The molecule has 0 saturated carbocycles. The van der Waals surface area contributed by atoms with Gasteiger partial charge in [0.1, 0.15) is 5.82 Å². The fourth-order valence-electron chi connectivity index (χ4n) is 5.61. The molecule has 1 N–H and O–H groups in total. The molecule has 4 aromatic rings. The molecule has 4 heterocycles. The zero-order chi connectivity index (χ0) is 22.4. The van der Waals surface area contributed by atoms with Crippen molar-refractivity contribution in [3.05, 3.63) is 72.4 Å². The molecule has 2 fully saturated rings. The van der Waals surface area contributed by atoms with E-state index in [1.807, 2.05) is 28.8 Å². The number of fused-ring (bicyclic) bond motifs is 3. The van der Waals surface area contributed by atoms with Crippen LogP contribution in [0.2, 0.25) is 0 Å². The van der Waals surface area contributed by atoms with Crippen LogP contribution < -0.4 is 4.90 Å². The lowest BCUT2D eigenvalue weighted by Gasteiger charge is -2.37. The van der Waals surface area contributed by atoms with Crippen LogP contribution in [0, 0.1) is 0 Å². The molecule has 2 aliphatic rings. The zero-order valence-electron chi connectivity index (χ0n) is 18.4. The molecule has 2 saturated heterocycles. The summed E-state index contributed by atoms with van der Waals surface area (Å²) in [6, 6.07) is 21.6. The van der Waals surface area contributed by atoms with Gasteiger partial charge in [-0.2, -0.15) is 9.61 Å². The fourth-order valence-corrected chi connectivity index (χ4v) is 5.61. The van der Waals surface area contributed by atoms with Gasteiger partial charge in [0, 0.05) is 35.5 Å². The minimum atomic E-state index is -0.843. The summed E-state index contributed by atoms with van der Waals surface area (Å²) >= 11 is 0. The average Bonchev–Trinajstić information content (AvgIpc) is 3.37. The summed E-state index contributed by atoms with van der Waals surface area (Å²) in [6.45, 7) is 0. The number of aliphatic carboxylic acids is 1. The Labute approximate surface area is 192 Å². The third kappa shape index (κ3) is 3.55. The Morgan fingerprint density at radius 2 is 1.64 bits per heavy atom. The summed E-state index contributed by atoms with van der Waals surface area (Å²) in [5, 5.41) is 14.5. The second kappa shape index (κ2) is 8.03. The Bertz CT molecular complexity index is 1310. The Hall–Kier alpha value is -3.67. The number of carbonyl (C=O) groups is 1. The molecule has 0 amide bonds. The lowest BCUT2D eigenvalue weighted by Crippen LogP contribution is -2.41. The van der Waals surface area contributed by atoms with Crippen LogP contribution >= 0.6 is 0 Å². The van der Waals surface area contributed by atoms with Gasteiger partial charge in [0.05, 0.1) is 12.1 Å². The number of piperidine rings is 1. The minimum absolute atomic E-state index is 0.0487. The molecule has 6 rings (SSSR count). The van der Waals surface area contributed by atoms with Crippen molar-refractivity contribution >= 4 is 17.4 Å². The second-order valence-corrected chi connectivity index (χ2v) is 9.15. The Balaban J connectivity index is 1.48. The quantitative estimate of drug-likeness (QED) is 0.463. The van der Waals surface area contributed by atoms with Crippen LogP contribution in [0.25, 0.3) is 28.0 Å². The first-order valence-corrected chi connectivity index (χ1v) is 11.7. The molecule has 2 bridgehead atoms. The van der Waals surface area contributed by atoms with E-state index in [1.165, 1.54) is 6.42 Å². The van der Waals surface area contributed by atoms with Crippen molar-refractivity contribution in [2.24, 2.45) is 0 Å². The van der Waals surface area contributed by atoms with Crippen LogP contribution in [0.4, 0.5) is 5.82 Å². The molecule has 6 heteroatoms. The number of hydrogen-bond acceptors (Lipinski definition) is 4. The lowest BCUT2D eigenvalue weighted by molar-refractivity contribution is -0.136. The maximum atomic E-state index is 11.6. The van der Waals surface area contributed by atoms with Crippen molar-refractivity contribution in [1.82, 2.24) is 14.6 Å². The topological polar surface area (TPSA) is 70.7 Å². The van der Waals surface area contributed by atoms with Gasteiger partial charge >= 0.3 is 5.97 Å². The highest BCUT2D eigenvalue weighted by atomic mass is 16.4. The summed E-state index contributed by atoms with van der Waals surface area (Å²) in [4.78, 5) is 18.7. The monoisotopic (exact) mass is 438 g/mol. The summed E-state index contributed by atoms with van der Waals surface area (Å²) in [7, 11) is 0. The van der Waals surface area contributed by atoms with E-state index < -0.39 is 5.97 Å².